The Morgan fingerprint density at radius 2 is 2.29 bits per heavy atom. The maximum Gasteiger partial charge on any atom is 0.414 e. The smallest absolute Gasteiger partial charge is 0.414 e. The number of carboxylic acid groups (broad SMARTS) is 1. The summed E-state index contributed by atoms with van der Waals surface area (Å²) >= 11 is 0. The van der Waals surface area contributed by atoms with E-state index < -0.39 is 29.9 Å². The van der Waals surface area contributed by atoms with Crippen molar-refractivity contribution in [1.29, 1.82) is 0 Å². The van der Waals surface area contributed by atoms with Crippen molar-refractivity contribution in [3.63, 3.8) is 0 Å². The largest absolute Gasteiger partial charge is 0.465 e. The summed E-state index contributed by atoms with van der Waals surface area (Å²) < 4.78 is 4.76. The number of esters is 1. The zero-order valence-corrected chi connectivity index (χ0v) is 9.59. The van der Waals surface area contributed by atoms with Gasteiger partial charge in [0.1, 0.15) is 6.04 Å². The normalized spacial score (nSPS) is 23.6. The van der Waals surface area contributed by atoms with Crippen LogP contribution in [0.1, 0.15) is 19.8 Å². The van der Waals surface area contributed by atoms with E-state index in [0.717, 1.165) is 0 Å². The third-order valence-corrected chi connectivity index (χ3v) is 2.62. The molecule has 0 spiro atoms. The van der Waals surface area contributed by atoms with Crippen LogP contribution >= 0.6 is 0 Å². The van der Waals surface area contributed by atoms with Gasteiger partial charge in [-0.05, 0) is 19.8 Å². The number of imide groups is 1. The van der Waals surface area contributed by atoms with Gasteiger partial charge in [0, 0.05) is 5.92 Å². The number of ether oxygens (including phenoxy) is 1. The van der Waals surface area contributed by atoms with E-state index in [9.17, 15) is 14.4 Å². The molecule has 0 aliphatic carbocycles. The van der Waals surface area contributed by atoms with Crippen LogP contribution in [0.2, 0.25) is 0 Å². The van der Waals surface area contributed by atoms with Gasteiger partial charge in [0.25, 0.3) is 0 Å². The van der Waals surface area contributed by atoms with Gasteiger partial charge in [0.05, 0.1) is 6.61 Å². The SMILES string of the molecule is C=CCC1CC(C(=O)OCC)N(C(=O)O)C1=O. The highest BCUT2D eigenvalue weighted by Gasteiger charge is 2.46. The fourth-order valence-corrected chi connectivity index (χ4v) is 1.89. The van der Waals surface area contributed by atoms with Crippen LogP contribution in [0, 0.1) is 5.92 Å². The molecular formula is C11H15NO5. The van der Waals surface area contributed by atoms with Crippen LogP contribution in [0.3, 0.4) is 0 Å². The zero-order chi connectivity index (χ0) is 13.0. The van der Waals surface area contributed by atoms with Crippen LogP contribution in [-0.4, -0.2) is 40.6 Å². The van der Waals surface area contributed by atoms with E-state index in [1.54, 1.807) is 6.92 Å². The Kier molecular flexibility index (Phi) is 4.25. The summed E-state index contributed by atoms with van der Waals surface area (Å²) in [7, 11) is 0. The number of amides is 2. The monoisotopic (exact) mass is 241 g/mol. The average Bonchev–Trinajstić information content (AvgIpc) is 2.57. The van der Waals surface area contributed by atoms with Gasteiger partial charge >= 0.3 is 12.1 Å². The fourth-order valence-electron chi connectivity index (χ4n) is 1.89. The fraction of sp³-hybridized carbons (Fsp3) is 0.545. The number of rotatable bonds is 4. The number of hydrogen-bond donors (Lipinski definition) is 1. The molecule has 1 fully saturated rings. The lowest BCUT2D eigenvalue weighted by atomic mass is 10.0. The van der Waals surface area contributed by atoms with Crippen LogP contribution in [0.4, 0.5) is 4.79 Å². The Balaban J connectivity index is 2.88. The van der Waals surface area contributed by atoms with Crippen LogP contribution < -0.4 is 0 Å². The van der Waals surface area contributed by atoms with Gasteiger partial charge in [-0.15, -0.1) is 6.58 Å². The van der Waals surface area contributed by atoms with Crippen molar-refractivity contribution in [1.82, 2.24) is 4.90 Å². The second-order valence-corrected chi connectivity index (χ2v) is 3.72. The van der Waals surface area contributed by atoms with E-state index in [2.05, 4.69) is 6.58 Å². The molecule has 0 aromatic rings. The molecule has 1 heterocycles. The number of likely N-dealkylation sites (tertiary alicyclic amines) is 1. The first-order valence-electron chi connectivity index (χ1n) is 5.36. The molecule has 1 rings (SSSR count). The molecule has 1 N–H and O–H groups in total. The molecule has 2 unspecified atom stereocenters. The number of allylic oxidation sites excluding steroid dienone is 1. The summed E-state index contributed by atoms with van der Waals surface area (Å²) in [5.41, 5.74) is 0. The standard InChI is InChI=1S/C11H15NO5/c1-3-5-7-6-8(10(14)17-4-2)12(9(7)13)11(15)16/h3,7-8H,1,4-6H2,2H3,(H,15,16). The molecule has 1 saturated heterocycles. The summed E-state index contributed by atoms with van der Waals surface area (Å²) in [4.78, 5) is 34.8. The van der Waals surface area contributed by atoms with Gasteiger partial charge in [-0.3, -0.25) is 4.79 Å². The Morgan fingerprint density at radius 1 is 1.65 bits per heavy atom. The van der Waals surface area contributed by atoms with E-state index in [1.165, 1.54) is 6.08 Å². The molecule has 2 amide bonds. The average molecular weight is 241 g/mol. The van der Waals surface area contributed by atoms with E-state index >= 15 is 0 Å². The number of carbonyl (C=O) groups excluding carboxylic acids is 2. The summed E-state index contributed by atoms with van der Waals surface area (Å²) in [5.74, 6) is -1.73. The van der Waals surface area contributed by atoms with E-state index in [1.807, 2.05) is 0 Å². The topological polar surface area (TPSA) is 83.9 Å². The van der Waals surface area contributed by atoms with Crippen LogP contribution in [0.25, 0.3) is 0 Å². The maximum absolute atomic E-state index is 11.7. The van der Waals surface area contributed by atoms with Crippen molar-refractivity contribution >= 4 is 18.0 Å². The number of hydrogen-bond acceptors (Lipinski definition) is 4. The predicted molar refractivity (Wildman–Crippen MR) is 58.2 cm³/mol. The molecule has 6 nitrogen and oxygen atoms in total. The minimum absolute atomic E-state index is 0.156. The molecule has 94 valence electrons. The molecule has 1 aliphatic rings. The van der Waals surface area contributed by atoms with Gasteiger partial charge in [-0.2, -0.15) is 0 Å². The Labute approximate surface area is 98.8 Å². The molecule has 0 saturated carbocycles. The highest BCUT2D eigenvalue weighted by atomic mass is 16.5. The third kappa shape index (κ3) is 2.64. The molecule has 1 aliphatic heterocycles. The molecule has 0 bridgehead atoms. The quantitative estimate of drug-likeness (QED) is 0.586. The van der Waals surface area contributed by atoms with Gasteiger partial charge < -0.3 is 9.84 Å². The van der Waals surface area contributed by atoms with Crippen molar-refractivity contribution < 1.29 is 24.2 Å². The summed E-state index contributed by atoms with van der Waals surface area (Å²) in [6, 6.07) is -1.02. The summed E-state index contributed by atoms with van der Waals surface area (Å²) in [5, 5.41) is 8.93. The lowest BCUT2D eigenvalue weighted by Gasteiger charge is -2.17. The molecule has 2 atom stereocenters. The number of carbonyl (C=O) groups is 3. The van der Waals surface area contributed by atoms with Crippen molar-refractivity contribution in [3.05, 3.63) is 12.7 Å². The van der Waals surface area contributed by atoms with Crippen molar-refractivity contribution in [2.45, 2.75) is 25.8 Å². The minimum Gasteiger partial charge on any atom is -0.465 e. The van der Waals surface area contributed by atoms with E-state index in [4.69, 9.17) is 9.84 Å². The summed E-state index contributed by atoms with van der Waals surface area (Å²) in [6.45, 7) is 5.28. The molecule has 17 heavy (non-hydrogen) atoms. The van der Waals surface area contributed by atoms with Gasteiger partial charge in [-0.25, -0.2) is 14.5 Å². The second-order valence-electron chi connectivity index (χ2n) is 3.72. The van der Waals surface area contributed by atoms with Gasteiger partial charge in [0.2, 0.25) is 5.91 Å². The lowest BCUT2D eigenvalue weighted by Crippen LogP contribution is -2.43. The first-order valence-corrected chi connectivity index (χ1v) is 5.36. The third-order valence-electron chi connectivity index (χ3n) is 2.62. The second kappa shape index (κ2) is 5.47. The first kappa shape index (κ1) is 13.2. The molecule has 0 radical (unpaired) electrons. The molecular weight excluding hydrogens is 226 g/mol. The number of nitrogens with zero attached hydrogens (tertiary/aromatic N) is 1. The van der Waals surface area contributed by atoms with Crippen LogP contribution in [0.15, 0.2) is 12.7 Å². The molecule has 0 aromatic carbocycles. The molecule has 0 aromatic heterocycles. The molecule has 6 heteroatoms. The zero-order valence-electron chi connectivity index (χ0n) is 9.59. The lowest BCUT2D eigenvalue weighted by molar-refractivity contribution is -0.150. The Morgan fingerprint density at radius 3 is 2.76 bits per heavy atom. The minimum atomic E-state index is -1.42. The van der Waals surface area contributed by atoms with Crippen LogP contribution in [0.5, 0.6) is 0 Å². The van der Waals surface area contributed by atoms with Crippen LogP contribution in [-0.2, 0) is 14.3 Å². The van der Waals surface area contributed by atoms with E-state index in [-0.39, 0.29) is 13.0 Å². The highest BCUT2D eigenvalue weighted by Crippen LogP contribution is 2.28. The highest BCUT2D eigenvalue weighted by molar-refractivity contribution is 6.00. The maximum atomic E-state index is 11.7. The van der Waals surface area contributed by atoms with Crippen molar-refractivity contribution in [2.24, 2.45) is 5.92 Å². The van der Waals surface area contributed by atoms with Crippen molar-refractivity contribution in [2.75, 3.05) is 6.61 Å². The van der Waals surface area contributed by atoms with Gasteiger partial charge in [-0.1, -0.05) is 6.08 Å². The Hall–Kier alpha value is -1.85. The summed E-state index contributed by atoms with van der Waals surface area (Å²) in [6.07, 6.45) is 0.643. The van der Waals surface area contributed by atoms with Gasteiger partial charge in [0.15, 0.2) is 0 Å². The Bertz CT molecular complexity index is 352. The van der Waals surface area contributed by atoms with E-state index in [0.29, 0.717) is 11.3 Å². The first-order chi connectivity index (χ1) is 8.02. The predicted octanol–water partition coefficient (Wildman–Crippen LogP) is 1.02. The van der Waals surface area contributed by atoms with Crippen molar-refractivity contribution in [3.8, 4) is 0 Å².